The van der Waals surface area contributed by atoms with E-state index in [1.165, 1.54) is 18.2 Å². The molecule has 27 heavy (non-hydrogen) atoms. The van der Waals surface area contributed by atoms with Crippen molar-refractivity contribution in [2.24, 2.45) is 0 Å². The van der Waals surface area contributed by atoms with Gasteiger partial charge in [0.25, 0.3) is 0 Å². The van der Waals surface area contributed by atoms with Crippen molar-refractivity contribution in [3.05, 3.63) is 65.7 Å². The Hall–Kier alpha value is -3.01. The third-order valence-corrected chi connectivity index (χ3v) is 3.61. The van der Waals surface area contributed by atoms with E-state index in [0.29, 0.717) is 12.1 Å². The maximum absolute atomic E-state index is 13.3. The summed E-state index contributed by atoms with van der Waals surface area (Å²) in [7, 11) is 0. The first kappa shape index (κ1) is 20.3. The van der Waals surface area contributed by atoms with E-state index in [1.54, 1.807) is 5.32 Å². The summed E-state index contributed by atoms with van der Waals surface area (Å²) in [5, 5.41) is 13.6. The molecule has 10 heteroatoms. The van der Waals surface area contributed by atoms with Crippen molar-refractivity contribution < 1.29 is 36.6 Å². The van der Waals surface area contributed by atoms with Crippen LogP contribution >= 0.6 is 0 Å². The summed E-state index contributed by atoms with van der Waals surface area (Å²) in [6, 6.07) is 8.25. The summed E-state index contributed by atoms with van der Waals surface area (Å²) < 4.78 is 65.8. The monoisotopic (exact) mass is 388 g/mol. The molecule has 0 bridgehead atoms. The minimum absolute atomic E-state index is 0.275. The number of nitrogens with one attached hydrogen (secondary N) is 2. The van der Waals surface area contributed by atoms with E-state index in [1.807, 2.05) is 5.32 Å². The van der Waals surface area contributed by atoms with Crippen LogP contribution in [-0.2, 0) is 15.2 Å². The molecule has 2 aromatic carbocycles. The van der Waals surface area contributed by atoms with Gasteiger partial charge in [0.15, 0.2) is 11.6 Å². The quantitative estimate of drug-likeness (QED) is 0.556. The number of amides is 2. The molecule has 1 atom stereocenters. The van der Waals surface area contributed by atoms with Gasteiger partial charge in [0.2, 0.25) is 5.60 Å². The molecule has 2 rings (SSSR count). The van der Waals surface area contributed by atoms with Crippen LogP contribution in [0, 0.1) is 11.6 Å². The van der Waals surface area contributed by atoms with Crippen molar-refractivity contribution in [1.82, 2.24) is 5.32 Å². The van der Waals surface area contributed by atoms with E-state index in [-0.39, 0.29) is 5.69 Å². The fourth-order valence-corrected chi connectivity index (χ4v) is 2.13. The number of aliphatic hydroxyl groups is 1. The predicted molar refractivity (Wildman–Crippen MR) is 84.4 cm³/mol. The van der Waals surface area contributed by atoms with E-state index in [2.05, 4.69) is 0 Å². The summed E-state index contributed by atoms with van der Waals surface area (Å²) in [6.45, 7) is -1.33. The highest BCUT2D eigenvalue weighted by Crippen LogP contribution is 2.38. The van der Waals surface area contributed by atoms with Gasteiger partial charge in [-0.25, -0.2) is 8.78 Å². The number of hydrogen-bond acceptors (Lipinski definition) is 3. The number of carbonyl (C=O) groups is 2. The van der Waals surface area contributed by atoms with Gasteiger partial charge in [-0.15, -0.1) is 0 Å². The van der Waals surface area contributed by atoms with Gasteiger partial charge in [-0.2, -0.15) is 13.2 Å². The highest BCUT2D eigenvalue weighted by Gasteiger charge is 2.55. The van der Waals surface area contributed by atoms with Crippen molar-refractivity contribution in [2.75, 3.05) is 11.9 Å². The van der Waals surface area contributed by atoms with Gasteiger partial charge in [-0.3, -0.25) is 9.59 Å². The van der Waals surface area contributed by atoms with Crippen LogP contribution in [0.2, 0.25) is 0 Å². The molecular weight excluding hydrogens is 375 g/mol. The SMILES string of the molecule is O=C(NC[C@@](O)(c1ccccc1)C(F)(F)F)C(=O)Nc1ccc(F)c(F)c1. The number of anilines is 1. The number of rotatable bonds is 4. The molecule has 0 unspecified atom stereocenters. The van der Waals surface area contributed by atoms with Crippen LogP contribution in [0.5, 0.6) is 0 Å². The van der Waals surface area contributed by atoms with E-state index >= 15 is 0 Å². The first-order valence-electron chi connectivity index (χ1n) is 7.43. The molecule has 0 fully saturated rings. The number of benzene rings is 2. The number of alkyl halides is 3. The molecule has 0 spiro atoms. The highest BCUT2D eigenvalue weighted by molar-refractivity contribution is 6.39. The molecule has 0 saturated carbocycles. The smallest absolute Gasteiger partial charge is 0.375 e. The van der Waals surface area contributed by atoms with Crippen LogP contribution in [0.1, 0.15) is 5.56 Å². The second-order valence-electron chi connectivity index (χ2n) is 5.49. The number of halogens is 5. The standard InChI is InChI=1S/C17H13F5N2O3/c18-12-7-6-11(8-13(12)19)24-15(26)14(25)23-9-16(27,17(20,21)22)10-4-2-1-3-5-10/h1-8,27H,9H2,(H,23,25)(H,24,26)/t16-/m1/s1. The van der Waals surface area contributed by atoms with Gasteiger partial charge < -0.3 is 15.7 Å². The van der Waals surface area contributed by atoms with Gasteiger partial charge in [0.1, 0.15) is 0 Å². The van der Waals surface area contributed by atoms with E-state index in [9.17, 15) is 36.6 Å². The predicted octanol–water partition coefficient (Wildman–Crippen LogP) is 2.47. The lowest BCUT2D eigenvalue weighted by molar-refractivity contribution is -0.264. The molecule has 0 aliphatic rings. The fourth-order valence-electron chi connectivity index (χ4n) is 2.13. The van der Waals surface area contributed by atoms with Crippen LogP contribution in [0.15, 0.2) is 48.5 Å². The Kier molecular flexibility index (Phi) is 5.79. The summed E-state index contributed by atoms with van der Waals surface area (Å²) in [4.78, 5) is 23.4. The summed E-state index contributed by atoms with van der Waals surface area (Å²) in [5.41, 5.74) is -4.23. The molecule has 0 aromatic heterocycles. The largest absolute Gasteiger partial charge is 0.423 e. The molecule has 0 aliphatic carbocycles. The molecule has 144 valence electrons. The van der Waals surface area contributed by atoms with Gasteiger partial charge in [-0.05, 0) is 17.7 Å². The first-order valence-corrected chi connectivity index (χ1v) is 7.43. The Morgan fingerprint density at radius 3 is 2.11 bits per heavy atom. The van der Waals surface area contributed by atoms with Crippen molar-refractivity contribution in [3.8, 4) is 0 Å². The second kappa shape index (κ2) is 7.70. The molecule has 2 amide bonds. The van der Waals surface area contributed by atoms with Crippen molar-refractivity contribution in [3.63, 3.8) is 0 Å². The zero-order valence-corrected chi connectivity index (χ0v) is 13.5. The lowest BCUT2D eigenvalue weighted by Crippen LogP contribution is -2.52. The van der Waals surface area contributed by atoms with Crippen LogP contribution < -0.4 is 10.6 Å². The molecule has 2 aromatic rings. The molecule has 0 heterocycles. The third kappa shape index (κ3) is 4.59. The Bertz CT molecular complexity index is 842. The summed E-state index contributed by atoms with van der Waals surface area (Å²) in [5.74, 6) is -5.39. The molecular formula is C17H13F5N2O3. The third-order valence-electron chi connectivity index (χ3n) is 3.61. The van der Waals surface area contributed by atoms with Gasteiger partial charge in [-0.1, -0.05) is 30.3 Å². The minimum Gasteiger partial charge on any atom is -0.375 e. The highest BCUT2D eigenvalue weighted by atomic mass is 19.4. The maximum Gasteiger partial charge on any atom is 0.423 e. The van der Waals surface area contributed by atoms with Crippen LogP contribution in [0.4, 0.5) is 27.6 Å². The number of hydrogen-bond donors (Lipinski definition) is 3. The van der Waals surface area contributed by atoms with Gasteiger partial charge >= 0.3 is 18.0 Å². The molecule has 0 saturated heterocycles. The zero-order chi connectivity index (χ0) is 20.2. The molecule has 3 N–H and O–H groups in total. The van der Waals surface area contributed by atoms with Gasteiger partial charge in [0, 0.05) is 11.8 Å². The van der Waals surface area contributed by atoms with Crippen molar-refractivity contribution in [2.45, 2.75) is 11.8 Å². The van der Waals surface area contributed by atoms with E-state index in [4.69, 9.17) is 0 Å². The Labute approximate surface area is 149 Å². The molecule has 0 radical (unpaired) electrons. The topological polar surface area (TPSA) is 78.4 Å². The van der Waals surface area contributed by atoms with Crippen LogP contribution in [-0.4, -0.2) is 29.6 Å². The fraction of sp³-hybridized carbons (Fsp3) is 0.176. The zero-order valence-electron chi connectivity index (χ0n) is 13.5. The summed E-state index contributed by atoms with van der Waals surface area (Å²) >= 11 is 0. The number of carbonyl (C=O) groups excluding carboxylic acids is 2. The normalized spacial score (nSPS) is 13.6. The Balaban J connectivity index is 2.09. The van der Waals surface area contributed by atoms with Crippen molar-refractivity contribution in [1.29, 1.82) is 0 Å². The first-order chi connectivity index (χ1) is 12.5. The van der Waals surface area contributed by atoms with Crippen LogP contribution in [0.3, 0.4) is 0 Å². The Morgan fingerprint density at radius 1 is 0.926 bits per heavy atom. The second-order valence-corrected chi connectivity index (χ2v) is 5.49. The average Bonchev–Trinajstić information content (AvgIpc) is 2.62. The summed E-state index contributed by atoms with van der Waals surface area (Å²) in [6.07, 6.45) is -5.14. The maximum atomic E-state index is 13.3. The molecule has 0 aliphatic heterocycles. The lowest BCUT2D eigenvalue weighted by atomic mass is 9.93. The van der Waals surface area contributed by atoms with Crippen molar-refractivity contribution >= 4 is 17.5 Å². The lowest BCUT2D eigenvalue weighted by Gasteiger charge is -2.31. The van der Waals surface area contributed by atoms with Gasteiger partial charge in [0.05, 0.1) is 6.54 Å². The Morgan fingerprint density at radius 2 is 1.56 bits per heavy atom. The van der Waals surface area contributed by atoms with E-state index in [0.717, 1.165) is 18.2 Å². The van der Waals surface area contributed by atoms with E-state index < -0.39 is 47.3 Å². The minimum atomic E-state index is -5.14. The average molecular weight is 388 g/mol. The molecule has 5 nitrogen and oxygen atoms in total. The van der Waals surface area contributed by atoms with Crippen LogP contribution in [0.25, 0.3) is 0 Å².